The Labute approximate surface area is 96.7 Å². The predicted molar refractivity (Wildman–Crippen MR) is 66.9 cm³/mol. The van der Waals surface area contributed by atoms with E-state index in [4.69, 9.17) is 0 Å². The topological polar surface area (TPSA) is 4.93 Å². The summed E-state index contributed by atoms with van der Waals surface area (Å²) in [7, 11) is 0. The Bertz CT molecular complexity index is 453. The van der Waals surface area contributed by atoms with Crippen LogP contribution in [0.25, 0.3) is 5.69 Å². The molecule has 0 bridgehead atoms. The molecule has 82 valence electrons. The summed E-state index contributed by atoms with van der Waals surface area (Å²) in [6.07, 6.45) is 6.93. The maximum absolute atomic E-state index is 2.36. The van der Waals surface area contributed by atoms with Crippen LogP contribution in [-0.2, 0) is 0 Å². The smallest absolute Gasteiger partial charge is 0.0449 e. The van der Waals surface area contributed by atoms with Crippen LogP contribution in [0, 0.1) is 5.92 Å². The highest BCUT2D eigenvalue weighted by atomic mass is 14.9. The largest absolute Gasteiger partial charge is 0.324 e. The van der Waals surface area contributed by atoms with E-state index in [9.17, 15) is 0 Å². The fraction of sp³-hybridized carbons (Fsp3) is 0.333. The zero-order valence-electron chi connectivity index (χ0n) is 9.63. The van der Waals surface area contributed by atoms with Gasteiger partial charge in [0.25, 0.3) is 0 Å². The van der Waals surface area contributed by atoms with Gasteiger partial charge in [0, 0.05) is 18.1 Å². The van der Waals surface area contributed by atoms with Crippen molar-refractivity contribution in [3.8, 4) is 5.69 Å². The summed E-state index contributed by atoms with van der Waals surface area (Å²) in [6, 6.07) is 13.1. The molecule has 2 aromatic rings. The Morgan fingerprint density at radius 3 is 2.19 bits per heavy atom. The third-order valence-corrected chi connectivity index (χ3v) is 3.84. The quantitative estimate of drug-likeness (QED) is 0.707. The molecule has 0 spiro atoms. The monoisotopic (exact) mass is 211 g/mol. The van der Waals surface area contributed by atoms with Gasteiger partial charge in [-0.3, -0.25) is 0 Å². The van der Waals surface area contributed by atoms with Gasteiger partial charge in [-0.2, -0.15) is 0 Å². The van der Waals surface area contributed by atoms with Crippen molar-refractivity contribution in [3.05, 3.63) is 54.4 Å². The van der Waals surface area contributed by atoms with Crippen LogP contribution in [0.1, 0.15) is 31.2 Å². The van der Waals surface area contributed by atoms with E-state index >= 15 is 0 Å². The zero-order chi connectivity index (χ0) is 11.0. The molecule has 2 unspecified atom stereocenters. The second-order valence-corrected chi connectivity index (χ2v) is 4.84. The third-order valence-electron chi connectivity index (χ3n) is 3.84. The average molecular weight is 211 g/mol. The van der Waals surface area contributed by atoms with E-state index < -0.39 is 0 Å². The average Bonchev–Trinajstić information content (AvgIpc) is 2.82. The lowest BCUT2D eigenvalue weighted by atomic mass is 9.71. The summed E-state index contributed by atoms with van der Waals surface area (Å²) in [5.74, 6) is 1.68. The van der Waals surface area contributed by atoms with Crippen LogP contribution >= 0.6 is 0 Å². The fourth-order valence-corrected chi connectivity index (χ4v) is 2.56. The summed E-state index contributed by atoms with van der Waals surface area (Å²) >= 11 is 0. The first kappa shape index (κ1) is 9.71. The van der Waals surface area contributed by atoms with Crippen molar-refractivity contribution >= 4 is 0 Å². The molecule has 1 fully saturated rings. The lowest BCUT2D eigenvalue weighted by molar-refractivity contribution is 0.280. The van der Waals surface area contributed by atoms with Crippen LogP contribution < -0.4 is 0 Å². The van der Waals surface area contributed by atoms with Crippen LogP contribution in [0.5, 0.6) is 0 Å². The molecule has 0 N–H and O–H groups in total. The molecule has 1 aromatic heterocycles. The molecule has 1 heteroatoms. The van der Waals surface area contributed by atoms with Gasteiger partial charge in [0.05, 0.1) is 0 Å². The number of benzene rings is 1. The maximum Gasteiger partial charge on any atom is 0.0449 e. The van der Waals surface area contributed by atoms with Crippen LogP contribution in [0.2, 0.25) is 0 Å². The fourth-order valence-electron chi connectivity index (χ4n) is 2.56. The van der Waals surface area contributed by atoms with Crippen molar-refractivity contribution in [2.75, 3.05) is 0 Å². The van der Waals surface area contributed by atoms with E-state index in [0.717, 1.165) is 11.8 Å². The number of hydrogen-bond donors (Lipinski definition) is 0. The van der Waals surface area contributed by atoms with Crippen molar-refractivity contribution < 1.29 is 0 Å². The zero-order valence-corrected chi connectivity index (χ0v) is 9.63. The van der Waals surface area contributed by atoms with E-state index in [0.29, 0.717) is 0 Å². The molecule has 0 radical (unpaired) electrons. The molecular weight excluding hydrogens is 194 g/mol. The van der Waals surface area contributed by atoms with Gasteiger partial charge in [-0.15, -0.1) is 0 Å². The lowest BCUT2D eigenvalue weighted by Crippen LogP contribution is -2.20. The Kier molecular flexibility index (Phi) is 2.32. The number of nitrogens with zero attached hydrogens (tertiary/aromatic N) is 1. The number of rotatable bonds is 2. The van der Waals surface area contributed by atoms with Gasteiger partial charge >= 0.3 is 0 Å². The highest BCUT2D eigenvalue weighted by molar-refractivity contribution is 5.37. The molecule has 1 saturated carbocycles. The molecule has 1 aliphatic rings. The Hall–Kier alpha value is -1.50. The summed E-state index contributed by atoms with van der Waals surface area (Å²) in [5, 5.41) is 0. The molecule has 1 heterocycles. The molecule has 1 aromatic carbocycles. The Morgan fingerprint density at radius 2 is 1.69 bits per heavy atom. The number of hydrogen-bond acceptors (Lipinski definition) is 0. The van der Waals surface area contributed by atoms with E-state index in [1.165, 1.54) is 24.1 Å². The molecule has 1 nitrogen and oxygen atoms in total. The van der Waals surface area contributed by atoms with E-state index in [1.54, 1.807) is 0 Å². The SMILES string of the molecule is CC1CCC1c1ccc(-n2cccc2)cc1. The molecule has 16 heavy (non-hydrogen) atoms. The minimum Gasteiger partial charge on any atom is -0.324 e. The first-order valence-electron chi connectivity index (χ1n) is 6.08. The molecule has 0 saturated heterocycles. The van der Waals surface area contributed by atoms with Gasteiger partial charge in [-0.05, 0) is 54.5 Å². The highest BCUT2D eigenvalue weighted by Gasteiger charge is 2.27. The lowest BCUT2D eigenvalue weighted by Gasteiger charge is -2.34. The van der Waals surface area contributed by atoms with Gasteiger partial charge in [0.2, 0.25) is 0 Å². The van der Waals surface area contributed by atoms with Gasteiger partial charge in [-0.1, -0.05) is 19.1 Å². The van der Waals surface area contributed by atoms with Gasteiger partial charge in [0.1, 0.15) is 0 Å². The van der Waals surface area contributed by atoms with Crippen LogP contribution in [0.4, 0.5) is 0 Å². The minimum absolute atomic E-state index is 0.804. The Morgan fingerprint density at radius 1 is 1.00 bits per heavy atom. The van der Waals surface area contributed by atoms with Gasteiger partial charge in [0.15, 0.2) is 0 Å². The first-order valence-corrected chi connectivity index (χ1v) is 6.08. The van der Waals surface area contributed by atoms with Crippen LogP contribution in [0.3, 0.4) is 0 Å². The first-order chi connectivity index (χ1) is 7.84. The van der Waals surface area contributed by atoms with Crippen LogP contribution in [0.15, 0.2) is 48.8 Å². The number of aromatic nitrogens is 1. The van der Waals surface area contributed by atoms with E-state index in [1.807, 2.05) is 0 Å². The molecule has 2 atom stereocenters. The molecule has 0 amide bonds. The molecule has 1 aliphatic carbocycles. The van der Waals surface area contributed by atoms with Crippen molar-refractivity contribution in [2.45, 2.75) is 25.7 Å². The second-order valence-electron chi connectivity index (χ2n) is 4.84. The summed E-state index contributed by atoms with van der Waals surface area (Å²) in [4.78, 5) is 0. The Balaban J connectivity index is 1.85. The highest BCUT2D eigenvalue weighted by Crippen LogP contribution is 2.41. The van der Waals surface area contributed by atoms with Crippen molar-refractivity contribution in [3.63, 3.8) is 0 Å². The standard InChI is InChI=1S/C15H17N/c1-12-4-9-15(12)13-5-7-14(8-6-13)16-10-2-3-11-16/h2-3,5-8,10-12,15H,4,9H2,1H3. The predicted octanol–water partition coefficient (Wildman–Crippen LogP) is 3.99. The second kappa shape index (κ2) is 3.82. The van der Waals surface area contributed by atoms with Gasteiger partial charge in [-0.25, -0.2) is 0 Å². The van der Waals surface area contributed by atoms with Crippen LogP contribution in [-0.4, -0.2) is 4.57 Å². The normalized spacial score (nSPS) is 24.1. The molecule has 0 aliphatic heterocycles. The van der Waals surface area contributed by atoms with E-state index in [2.05, 4.69) is 60.3 Å². The minimum atomic E-state index is 0.804. The van der Waals surface area contributed by atoms with Crippen molar-refractivity contribution in [1.82, 2.24) is 4.57 Å². The van der Waals surface area contributed by atoms with Gasteiger partial charge < -0.3 is 4.57 Å². The molecule has 3 rings (SSSR count). The third kappa shape index (κ3) is 1.57. The maximum atomic E-state index is 2.36. The van der Waals surface area contributed by atoms with E-state index in [-0.39, 0.29) is 0 Å². The van der Waals surface area contributed by atoms with Crippen molar-refractivity contribution in [1.29, 1.82) is 0 Å². The summed E-state index contributed by atoms with van der Waals surface area (Å²) in [5.41, 5.74) is 2.76. The summed E-state index contributed by atoms with van der Waals surface area (Å²) < 4.78 is 2.15. The van der Waals surface area contributed by atoms with Crippen molar-refractivity contribution in [2.24, 2.45) is 5.92 Å². The summed E-state index contributed by atoms with van der Waals surface area (Å²) in [6.45, 7) is 2.36. The molecular formula is C15H17N.